The summed E-state index contributed by atoms with van der Waals surface area (Å²) in [5, 5.41) is 0. The van der Waals surface area contributed by atoms with Gasteiger partial charge in [-0.1, -0.05) is 18.2 Å². The minimum Gasteiger partial charge on any atom is -0.490 e. The van der Waals surface area contributed by atoms with E-state index in [1.165, 1.54) is 0 Å². The maximum atomic E-state index is 6.00. The van der Waals surface area contributed by atoms with Crippen molar-refractivity contribution >= 4 is 0 Å². The highest BCUT2D eigenvalue weighted by Gasteiger charge is 2.27. The van der Waals surface area contributed by atoms with Gasteiger partial charge in [0.25, 0.3) is 0 Å². The van der Waals surface area contributed by atoms with Crippen LogP contribution in [0.5, 0.6) is 5.75 Å². The van der Waals surface area contributed by atoms with Gasteiger partial charge < -0.3 is 15.2 Å². The molecule has 0 saturated carbocycles. The number of hydrogen-bond donors (Lipinski definition) is 1. The smallest absolute Gasteiger partial charge is 0.124 e. The molecule has 1 heterocycles. The third-order valence-electron chi connectivity index (χ3n) is 2.38. The summed E-state index contributed by atoms with van der Waals surface area (Å²) in [7, 11) is 1.65. The summed E-state index contributed by atoms with van der Waals surface area (Å²) in [5.41, 5.74) is 7.02. The van der Waals surface area contributed by atoms with E-state index in [1.807, 2.05) is 24.3 Å². The Balaban J connectivity index is 2.33. The van der Waals surface area contributed by atoms with Gasteiger partial charge in [-0.15, -0.1) is 0 Å². The quantitative estimate of drug-likeness (QED) is 0.702. The van der Waals surface area contributed by atoms with Crippen molar-refractivity contribution in [2.75, 3.05) is 13.7 Å². The first-order valence-corrected chi connectivity index (χ1v) is 4.33. The lowest BCUT2D eigenvalue weighted by atomic mass is 9.99. The Labute approximate surface area is 77.5 Å². The van der Waals surface area contributed by atoms with Crippen molar-refractivity contribution in [3.05, 3.63) is 29.8 Å². The summed E-state index contributed by atoms with van der Waals surface area (Å²) in [5.74, 6) is 0.878. The molecule has 3 heteroatoms. The van der Waals surface area contributed by atoms with Gasteiger partial charge in [-0.05, 0) is 6.07 Å². The van der Waals surface area contributed by atoms with Gasteiger partial charge in [-0.3, -0.25) is 0 Å². The van der Waals surface area contributed by atoms with E-state index in [9.17, 15) is 0 Å². The van der Waals surface area contributed by atoms with Crippen molar-refractivity contribution in [3.8, 4) is 5.75 Å². The molecule has 0 spiro atoms. The van der Waals surface area contributed by atoms with Crippen LogP contribution in [-0.4, -0.2) is 19.8 Å². The second-order valence-electron chi connectivity index (χ2n) is 3.15. The lowest BCUT2D eigenvalue weighted by molar-refractivity contribution is 0.0260. The third kappa shape index (κ3) is 1.41. The zero-order chi connectivity index (χ0) is 9.26. The minimum absolute atomic E-state index is 0.0325. The number of para-hydroxylation sites is 1. The molecule has 0 fully saturated rings. The molecule has 0 aliphatic carbocycles. The fraction of sp³-hybridized carbons (Fsp3) is 0.400. The molecule has 0 saturated heterocycles. The Morgan fingerprint density at radius 1 is 1.46 bits per heavy atom. The first kappa shape index (κ1) is 8.53. The summed E-state index contributed by atoms with van der Waals surface area (Å²) >= 11 is 0. The van der Waals surface area contributed by atoms with Gasteiger partial charge in [0.15, 0.2) is 0 Å². The molecule has 0 unspecified atom stereocenters. The maximum Gasteiger partial charge on any atom is 0.124 e. The van der Waals surface area contributed by atoms with Gasteiger partial charge in [-0.25, -0.2) is 0 Å². The molecule has 1 aliphatic rings. The van der Waals surface area contributed by atoms with E-state index in [-0.39, 0.29) is 12.1 Å². The number of benzene rings is 1. The second kappa shape index (κ2) is 3.36. The van der Waals surface area contributed by atoms with Gasteiger partial charge in [0.05, 0.1) is 6.04 Å². The molecule has 0 aromatic heterocycles. The van der Waals surface area contributed by atoms with Crippen LogP contribution in [-0.2, 0) is 4.74 Å². The number of rotatable bonds is 1. The summed E-state index contributed by atoms with van der Waals surface area (Å²) in [6, 6.07) is 7.74. The topological polar surface area (TPSA) is 44.5 Å². The van der Waals surface area contributed by atoms with Gasteiger partial charge >= 0.3 is 0 Å². The molecule has 1 aliphatic heterocycles. The zero-order valence-corrected chi connectivity index (χ0v) is 7.57. The Kier molecular flexibility index (Phi) is 2.20. The largest absolute Gasteiger partial charge is 0.490 e. The first-order chi connectivity index (χ1) is 6.33. The van der Waals surface area contributed by atoms with Crippen LogP contribution in [0.25, 0.3) is 0 Å². The Morgan fingerprint density at radius 2 is 2.23 bits per heavy atom. The summed E-state index contributed by atoms with van der Waals surface area (Å²) in [6.07, 6.45) is -0.0325. The molecular formula is C10H13NO2. The molecule has 1 aromatic rings. The summed E-state index contributed by atoms with van der Waals surface area (Å²) < 4.78 is 10.7. The molecular weight excluding hydrogens is 166 g/mol. The van der Waals surface area contributed by atoms with Crippen LogP contribution in [0.15, 0.2) is 24.3 Å². The third-order valence-corrected chi connectivity index (χ3v) is 2.38. The number of ether oxygens (including phenoxy) is 2. The van der Waals surface area contributed by atoms with Crippen molar-refractivity contribution in [1.29, 1.82) is 0 Å². The molecule has 1 aromatic carbocycles. The van der Waals surface area contributed by atoms with Crippen molar-refractivity contribution in [3.63, 3.8) is 0 Å². The molecule has 2 rings (SSSR count). The molecule has 70 valence electrons. The normalized spacial score (nSPS) is 26.3. The van der Waals surface area contributed by atoms with Crippen LogP contribution >= 0.6 is 0 Å². The minimum atomic E-state index is -0.0741. The van der Waals surface area contributed by atoms with Crippen molar-refractivity contribution in [1.82, 2.24) is 0 Å². The number of hydrogen-bond acceptors (Lipinski definition) is 3. The van der Waals surface area contributed by atoms with E-state index in [2.05, 4.69) is 0 Å². The van der Waals surface area contributed by atoms with E-state index in [4.69, 9.17) is 15.2 Å². The zero-order valence-electron chi connectivity index (χ0n) is 7.57. The SMILES string of the molecule is CO[C@@H]1COc2ccccc2[C@H]1N. The van der Waals surface area contributed by atoms with Crippen LogP contribution in [0.3, 0.4) is 0 Å². The fourth-order valence-electron chi connectivity index (χ4n) is 1.58. The number of fused-ring (bicyclic) bond motifs is 1. The van der Waals surface area contributed by atoms with Gasteiger partial charge in [-0.2, -0.15) is 0 Å². The van der Waals surface area contributed by atoms with Crippen LogP contribution < -0.4 is 10.5 Å². The van der Waals surface area contributed by atoms with Crippen molar-refractivity contribution in [2.24, 2.45) is 5.73 Å². The number of methoxy groups -OCH3 is 1. The van der Waals surface area contributed by atoms with E-state index >= 15 is 0 Å². The average molecular weight is 179 g/mol. The maximum absolute atomic E-state index is 6.00. The molecule has 0 bridgehead atoms. The van der Waals surface area contributed by atoms with Crippen molar-refractivity contribution in [2.45, 2.75) is 12.1 Å². The Bertz CT molecular complexity index is 301. The van der Waals surface area contributed by atoms with E-state index in [1.54, 1.807) is 7.11 Å². The standard InChI is InChI=1S/C10H13NO2/c1-12-9-6-13-8-5-3-2-4-7(8)10(9)11/h2-5,9-10H,6,11H2,1H3/t9-,10-/m1/s1. The highest BCUT2D eigenvalue weighted by molar-refractivity contribution is 5.38. The highest BCUT2D eigenvalue weighted by Crippen LogP contribution is 2.30. The highest BCUT2D eigenvalue weighted by atomic mass is 16.5. The monoisotopic (exact) mass is 179 g/mol. The lowest BCUT2D eigenvalue weighted by Crippen LogP contribution is -2.37. The van der Waals surface area contributed by atoms with E-state index in [0.29, 0.717) is 6.61 Å². The average Bonchev–Trinajstić information content (AvgIpc) is 2.19. The summed E-state index contributed by atoms with van der Waals surface area (Å²) in [6.45, 7) is 0.536. The molecule has 13 heavy (non-hydrogen) atoms. The van der Waals surface area contributed by atoms with Crippen LogP contribution in [0.4, 0.5) is 0 Å². The molecule has 2 atom stereocenters. The lowest BCUT2D eigenvalue weighted by Gasteiger charge is -2.29. The second-order valence-corrected chi connectivity index (χ2v) is 3.15. The van der Waals surface area contributed by atoms with Gasteiger partial charge in [0.1, 0.15) is 18.5 Å². The molecule has 0 amide bonds. The predicted octanol–water partition coefficient (Wildman–Crippen LogP) is 1.09. The first-order valence-electron chi connectivity index (χ1n) is 4.33. The summed E-state index contributed by atoms with van der Waals surface area (Å²) in [4.78, 5) is 0. The van der Waals surface area contributed by atoms with Gasteiger partial charge in [0, 0.05) is 12.7 Å². The van der Waals surface area contributed by atoms with E-state index < -0.39 is 0 Å². The van der Waals surface area contributed by atoms with Crippen LogP contribution in [0.2, 0.25) is 0 Å². The number of nitrogens with two attached hydrogens (primary N) is 1. The van der Waals surface area contributed by atoms with E-state index in [0.717, 1.165) is 11.3 Å². The van der Waals surface area contributed by atoms with Crippen LogP contribution in [0.1, 0.15) is 11.6 Å². The molecule has 3 nitrogen and oxygen atoms in total. The molecule has 0 radical (unpaired) electrons. The fourth-order valence-corrected chi connectivity index (χ4v) is 1.58. The van der Waals surface area contributed by atoms with Gasteiger partial charge in [0.2, 0.25) is 0 Å². The van der Waals surface area contributed by atoms with Crippen LogP contribution in [0, 0.1) is 0 Å². The predicted molar refractivity (Wildman–Crippen MR) is 49.7 cm³/mol. The Hall–Kier alpha value is -1.06. The Morgan fingerprint density at radius 3 is 3.00 bits per heavy atom. The molecule has 2 N–H and O–H groups in total. The van der Waals surface area contributed by atoms with Crippen molar-refractivity contribution < 1.29 is 9.47 Å².